The van der Waals surface area contributed by atoms with Gasteiger partial charge in [0.1, 0.15) is 15.4 Å². The molecule has 0 aliphatic carbocycles. The molecule has 1 saturated heterocycles. The third-order valence-corrected chi connectivity index (χ3v) is 4.80. The highest BCUT2D eigenvalue weighted by molar-refractivity contribution is 7.90. The zero-order valence-corrected chi connectivity index (χ0v) is 15.3. The van der Waals surface area contributed by atoms with Gasteiger partial charge in [0.25, 0.3) is 0 Å². The van der Waals surface area contributed by atoms with Crippen molar-refractivity contribution in [1.29, 1.82) is 0 Å². The van der Waals surface area contributed by atoms with Gasteiger partial charge in [-0.2, -0.15) is 0 Å². The number of rotatable bonds is 5. The van der Waals surface area contributed by atoms with Crippen molar-refractivity contribution in [2.45, 2.75) is 51.7 Å². The molecule has 0 aromatic heterocycles. The molecule has 0 unspecified atom stereocenters. The maximum Gasteiger partial charge on any atom is 0.410 e. The molecule has 7 heteroatoms. The topological polar surface area (TPSA) is 66.9 Å². The smallest absolute Gasteiger partial charge is 0.410 e. The van der Waals surface area contributed by atoms with Crippen LogP contribution in [-0.4, -0.2) is 74.6 Å². The third kappa shape index (κ3) is 7.45. The molecule has 22 heavy (non-hydrogen) atoms. The van der Waals surface area contributed by atoms with Gasteiger partial charge in [0.05, 0.1) is 5.75 Å². The quantitative estimate of drug-likeness (QED) is 0.766. The van der Waals surface area contributed by atoms with Crippen molar-refractivity contribution in [2.24, 2.45) is 0 Å². The Morgan fingerprint density at radius 1 is 1.27 bits per heavy atom. The summed E-state index contributed by atoms with van der Waals surface area (Å²) in [4.78, 5) is 16.0. The Labute approximate surface area is 134 Å². The minimum absolute atomic E-state index is 0.230. The van der Waals surface area contributed by atoms with E-state index in [9.17, 15) is 13.2 Å². The molecule has 0 radical (unpaired) electrons. The summed E-state index contributed by atoms with van der Waals surface area (Å²) in [5, 5.41) is 0. The van der Waals surface area contributed by atoms with Crippen molar-refractivity contribution in [2.75, 3.05) is 38.7 Å². The summed E-state index contributed by atoms with van der Waals surface area (Å²) in [6.07, 6.45) is 3.47. The number of piperidine rings is 1. The van der Waals surface area contributed by atoms with E-state index >= 15 is 0 Å². The fourth-order valence-corrected chi connectivity index (χ4v) is 3.23. The van der Waals surface area contributed by atoms with E-state index < -0.39 is 15.4 Å². The zero-order valence-electron chi connectivity index (χ0n) is 14.5. The summed E-state index contributed by atoms with van der Waals surface area (Å²) < 4.78 is 27.7. The number of likely N-dealkylation sites (tertiary alicyclic amines) is 1. The Balaban J connectivity index is 2.34. The molecule has 1 amide bonds. The summed E-state index contributed by atoms with van der Waals surface area (Å²) >= 11 is 0. The molecule has 1 fully saturated rings. The van der Waals surface area contributed by atoms with Crippen molar-refractivity contribution in [3.8, 4) is 0 Å². The van der Waals surface area contributed by atoms with E-state index in [2.05, 4.69) is 4.90 Å². The normalized spacial score (nSPS) is 17.8. The van der Waals surface area contributed by atoms with E-state index in [0.717, 1.165) is 19.4 Å². The minimum Gasteiger partial charge on any atom is -0.444 e. The summed E-state index contributed by atoms with van der Waals surface area (Å²) in [5.41, 5.74) is -0.462. The van der Waals surface area contributed by atoms with Crippen LogP contribution in [0, 0.1) is 0 Å². The van der Waals surface area contributed by atoms with Crippen LogP contribution in [-0.2, 0) is 14.6 Å². The number of hydrogen-bond donors (Lipinski definition) is 0. The van der Waals surface area contributed by atoms with Gasteiger partial charge in [0, 0.05) is 25.4 Å². The van der Waals surface area contributed by atoms with E-state index in [4.69, 9.17) is 4.74 Å². The first-order chi connectivity index (χ1) is 9.98. The fraction of sp³-hybridized carbons (Fsp3) is 0.933. The van der Waals surface area contributed by atoms with Crippen LogP contribution in [0.3, 0.4) is 0 Å². The van der Waals surface area contributed by atoms with Crippen molar-refractivity contribution in [3.63, 3.8) is 0 Å². The predicted molar refractivity (Wildman–Crippen MR) is 87.8 cm³/mol. The average molecular weight is 334 g/mol. The number of carbonyl (C=O) groups is 1. The second-order valence-corrected chi connectivity index (χ2v) is 9.42. The number of hydrogen-bond acceptors (Lipinski definition) is 5. The molecule has 0 aromatic carbocycles. The van der Waals surface area contributed by atoms with Gasteiger partial charge in [0.2, 0.25) is 0 Å². The van der Waals surface area contributed by atoms with Crippen LogP contribution >= 0.6 is 0 Å². The largest absolute Gasteiger partial charge is 0.444 e. The maximum atomic E-state index is 12.0. The van der Waals surface area contributed by atoms with E-state index in [-0.39, 0.29) is 11.8 Å². The fourth-order valence-electron chi connectivity index (χ4n) is 2.57. The maximum absolute atomic E-state index is 12.0. The molecule has 1 rings (SSSR count). The Hall–Kier alpha value is -0.820. The summed E-state index contributed by atoms with van der Waals surface area (Å²) in [7, 11) is -0.860. The minimum atomic E-state index is -2.88. The van der Waals surface area contributed by atoms with Gasteiger partial charge in [-0.1, -0.05) is 0 Å². The van der Waals surface area contributed by atoms with E-state index in [0.29, 0.717) is 25.6 Å². The first-order valence-electron chi connectivity index (χ1n) is 7.84. The van der Waals surface area contributed by atoms with Gasteiger partial charge in [0.15, 0.2) is 0 Å². The van der Waals surface area contributed by atoms with Crippen molar-refractivity contribution in [3.05, 3.63) is 0 Å². The number of amides is 1. The van der Waals surface area contributed by atoms with Gasteiger partial charge in [-0.05, 0) is 53.6 Å². The standard InChI is InChI=1S/C15H30N2O4S/c1-15(2,3)21-14(18)17-10-7-13(8-11-17)16(4)9-6-12-22(5,19)20/h13H,6-12H2,1-5H3. The molecule has 6 nitrogen and oxygen atoms in total. The molecule has 1 aliphatic heterocycles. The van der Waals surface area contributed by atoms with Gasteiger partial charge >= 0.3 is 6.09 Å². The number of carbonyl (C=O) groups excluding carboxylic acids is 1. The lowest BCUT2D eigenvalue weighted by Gasteiger charge is -2.37. The molecule has 0 saturated carbocycles. The zero-order chi connectivity index (χ0) is 17.0. The van der Waals surface area contributed by atoms with Crippen LogP contribution < -0.4 is 0 Å². The second kappa shape index (κ2) is 7.64. The monoisotopic (exact) mass is 334 g/mol. The highest BCUT2D eigenvalue weighted by Gasteiger charge is 2.28. The van der Waals surface area contributed by atoms with Gasteiger partial charge in [-0.25, -0.2) is 13.2 Å². The van der Waals surface area contributed by atoms with Crippen LogP contribution in [0.15, 0.2) is 0 Å². The van der Waals surface area contributed by atoms with Gasteiger partial charge in [-0.3, -0.25) is 0 Å². The van der Waals surface area contributed by atoms with Gasteiger partial charge < -0.3 is 14.5 Å². The number of nitrogens with zero attached hydrogens (tertiary/aromatic N) is 2. The SMILES string of the molecule is CN(CCCS(C)(=O)=O)C1CCN(C(=O)OC(C)(C)C)CC1. The van der Waals surface area contributed by atoms with Crippen molar-refractivity contribution >= 4 is 15.9 Å². The van der Waals surface area contributed by atoms with E-state index in [1.165, 1.54) is 6.26 Å². The second-order valence-electron chi connectivity index (χ2n) is 7.16. The summed E-state index contributed by atoms with van der Waals surface area (Å²) in [6.45, 7) is 7.75. The molecule has 0 atom stereocenters. The predicted octanol–water partition coefficient (Wildman–Crippen LogP) is 1.75. The lowest BCUT2D eigenvalue weighted by Crippen LogP contribution is -2.47. The Morgan fingerprint density at radius 2 is 1.82 bits per heavy atom. The van der Waals surface area contributed by atoms with Crippen molar-refractivity contribution in [1.82, 2.24) is 9.80 Å². The Kier molecular flexibility index (Phi) is 6.67. The molecule has 1 aliphatic rings. The van der Waals surface area contributed by atoms with Crippen LogP contribution in [0.2, 0.25) is 0 Å². The highest BCUT2D eigenvalue weighted by Crippen LogP contribution is 2.18. The average Bonchev–Trinajstić information content (AvgIpc) is 2.35. The Bertz CT molecular complexity index is 462. The molecule has 1 heterocycles. The van der Waals surface area contributed by atoms with Gasteiger partial charge in [-0.15, -0.1) is 0 Å². The van der Waals surface area contributed by atoms with Crippen LogP contribution in [0.1, 0.15) is 40.0 Å². The number of sulfone groups is 1. The Morgan fingerprint density at radius 3 is 2.27 bits per heavy atom. The first-order valence-corrected chi connectivity index (χ1v) is 9.90. The molecule has 0 bridgehead atoms. The van der Waals surface area contributed by atoms with Crippen LogP contribution in [0.5, 0.6) is 0 Å². The molecular weight excluding hydrogens is 304 g/mol. The lowest BCUT2D eigenvalue weighted by atomic mass is 10.0. The lowest BCUT2D eigenvalue weighted by molar-refractivity contribution is 0.0157. The molecule has 130 valence electrons. The highest BCUT2D eigenvalue weighted by atomic mass is 32.2. The molecule has 0 aromatic rings. The molecule has 0 spiro atoms. The first kappa shape index (κ1) is 19.2. The van der Waals surface area contributed by atoms with Crippen molar-refractivity contribution < 1.29 is 17.9 Å². The van der Waals surface area contributed by atoms with E-state index in [1.54, 1.807) is 4.90 Å². The molecule has 0 N–H and O–H groups in total. The van der Waals surface area contributed by atoms with Crippen LogP contribution in [0.4, 0.5) is 4.79 Å². The molecular formula is C15H30N2O4S. The third-order valence-electron chi connectivity index (χ3n) is 3.77. The van der Waals surface area contributed by atoms with E-state index in [1.807, 2.05) is 27.8 Å². The van der Waals surface area contributed by atoms with Crippen LogP contribution in [0.25, 0.3) is 0 Å². The number of ether oxygens (including phenoxy) is 1. The summed E-state index contributed by atoms with van der Waals surface area (Å²) in [6, 6.07) is 0.401. The summed E-state index contributed by atoms with van der Waals surface area (Å²) in [5.74, 6) is 0.230.